The van der Waals surface area contributed by atoms with Crippen molar-refractivity contribution in [3.63, 3.8) is 0 Å². The fourth-order valence-electron chi connectivity index (χ4n) is 2.72. The zero-order chi connectivity index (χ0) is 13.0. The summed E-state index contributed by atoms with van der Waals surface area (Å²) >= 11 is 0. The van der Waals surface area contributed by atoms with Crippen molar-refractivity contribution in [2.24, 2.45) is 5.92 Å². The third-order valence-corrected chi connectivity index (χ3v) is 3.91. The van der Waals surface area contributed by atoms with Crippen LogP contribution in [-0.4, -0.2) is 19.7 Å². The predicted octanol–water partition coefficient (Wildman–Crippen LogP) is 3.29. The van der Waals surface area contributed by atoms with Crippen molar-refractivity contribution >= 4 is 0 Å². The van der Waals surface area contributed by atoms with Gasteiger partial charge in [-0.25, -0.2) is 4.39 Å². The maximum absolute atomic E-state index is 13.2. The highest BCUT2D eigenvalue weighted by Gasteiger charge is 2.24. The van der Waals surface area contributed by atoms with E-state index < -0.39 is 0 Å². The molecule has 1 aliphatic rings. The summed E-state index contributed by atoms with van der Waals surface area (Å²) in [4.78, 5) is 0. The van der Waals surface area contributed by atoms with E-state index in [0.29, 0.717) is 24.3 Å². The van der Waals surface area contributed by atoms with E-state index in [-0.39, 0.29) is 5.82 Å². The molecule has 1 aromatic rings. The molecule has 1 aliphatic carbocycles. The molecule has 100 valence electrons. The van der Waals surface area contributed by atoms with Gasteiger partial charge in [0.15, 0.2) is 0 Å². The summed E-state index contributed by atoms with van der Waals surface area (Å²) in [5.74, 6) is 1.12. The van der Waals surface area contributed by atoms with Crippen LogP contribution >= 0.6 is 0 Å². The topological polar surface area (TPSA) is 21.3 Å². The van der Waals surface area contributed by atoms with Crippen molar-refractivity contribution < 1.29 is 9.13 Å². The summed E-state index contributed by atoms with van der Waals surface area (Å²) < 4.78 is 18.9. The molecule has 0 bridgehead atoms. The van der Waals surface area contributed by atoms with Crippen LogP contribution in [0.25, 0.3) is 0 Å². The lowest BCUT2D eigenvalue weighted by atomic mass is 9.99. The van der Waals surface area contributed by atoms with Crippen molar-refractivity contribution in [3.05, 3.63) is 29.6 Å². The number of hydrogen-bond donors (Lipinski definition) is 1. The zero-order valence-corrected chi connectivity index (χ0v) is 11.2. The number of nitrogens with one attached hydrogen (secondary N) is 1. The lowest BCUT2D eigenvalue weighted by Gasteiger charge is -2.23. The minimum absolute atomic E-state index is 0.238. The summed E-state index contributed by atoms with van der Waals surface area (Å²) in [6.45, 7) is 2.56. The van der Waals surface area contributed by atoms with Gasteiger partial charge in [-0.2, -0.15) is 0 Å². The molecule has 1 fully saturated rings. The second-order valence-electron chi connectivity index (χ2n) is 5.16. The van der Waals surface area contributed by atoms with Gasteiger partial charge in [0, 0.05) is 12.1 Å². The Kier molecular flexibility index (Phi) is 4.59. The standard InChI is InChI=1S/C15H22FNO/c1-11-7-8-13(16)9-15(11)18-10-14(17-2)12-5-3-4-6-12/h7-9,12,14,17H,3-6,10H2,1-2H3. The molecule has 0 amide bonds. The Labute approximate surface area is 109 Å². The van der Waals surface area contributed by atoms with Crippen LogP contribution in [0.2, 0.25) is 0 Å². The number of likely N-dealkylation sites (N-methyl/N-ethyl adjacent to an activating group) is 1. The maximum atomic E-state index is 13.2. The van der Waals surface area contributed by atoms with Crippen LogP contribution in [0, 0.1) is 18.7 Å². The summed E-state index contributed by atoms with van der Waals surface area (Å²) in [7, 11) is 1.98. The first-order valence-corrected chi connectivity index (χ1v) is 6.77. The van der Waals surface area contributed by atoms with E-state index in [9.17, 15) is 4.39 Å². The van der Waals surface area contributed by atoms with Crippen molar-refractivity contribution in [3.8, 4) is 5.75 Å². The first-order chi connectivity index (χ1) is 8.70. The van der Waals surface area contributed by atoms with Crippen LogP contribution in [0.4, 0.5) is 4.39 Å². The average molecular weight is 251 g/mol. The van der Waals surface area contributed by atoms with Gasteiger partial charge in [0.2, 0.25) is 0 Å². The maximum Gasteiger partial charge on any atom is 0.126 e. The summed E-state index contributed by atoms with van der Waals surface area (Å²) in [6, 6.07) is 5.07. The molecule has 0 aliphatic heterocycles. The first-order valence-electron chi connectivity index (χ1n) is 6.77. The van der Waals surface area contributed by atoms with E-state index in [0.717, 1.165) is 5.56 Å². The normalized spacial score (nSPS) is 17.9. The van der Waals surface area contributed by atoms with Crippen LogP contribution < -0.4 is 10.1 Å². The lowest BCUT2D eigenvalue weighted by molar-refractivity contribution is 0.223. The largest absolute Gasteiger partial charge is 0.492 e. The predicted molar refractivity (Wildman–Crippen MR) is 71.4 cm³/mol. The van der Waals surface area contributed by atoms with Gasteiger partial charge in [-0.1, -0.05) is 18.9 Å². The Morgan fingerprint density at radius 1 is 1.39 bits per heavy atom. The number of ether oxygens (including phenoxy) is 1. The molecule has 1 unspecified atom stereocenters. The third kappa shape index (κ3) is 3.22. The van der Waals surface area contributed by atoms with Crippen molar-refractivity contribution in [1.29, 1.82) is 0 Å². The van der Waals surface area contributed by atoms with Crippen LogP contribution in [0.15, 0.2) is 18.2 Å². The van der Waals surface area contributed by atoms with E-state index in [1.54, 1.807) is 6.07 Å². The van der Waals surface area contributed by atoms with Crippen molar-refractivity contribution in [2.75, 3.05) is 13.7 Å². The Balaban J connectivity index is 1.94. The fraction of sp³-hybridized carbons (Fsp3) is 0.600. The van der Waals surface area contributed by atoms with Gasteiger partial charge in [-0.15, -0.1) is 0 Å². The SMILES string of the molecule is CNC(COc1cc(F)ccc1C)C1CCCC1. The lowest BCUT2D eigenvalue weighted by Crippen LogP contribution is -2.37. The van der Waals surface area contributed by atoms with E-state index in [1.165, 1.54) is 37.8 Å². The summed E-state index contributed by atoms with van der Waals surface area (Å²) in [5.41, 5.74) is 0.984. The van der Waals surface area contributed by atoms with E-state index in [1.807, 2.05) is 14.0 Å². The van der Waals surface area contributed by atoms with Crippen molar-refractivity contribution in [2.45, 2.75) is 38.6 Å². The Bertz CT molecular complexity index is 388. The Morgan fingerprint density at radius 3 is 2.78 bits per heavy atom. The quantitative estimate of drug-likeness (QED) is 0.867. The van der Waals surface area contributed by atoms with Crippen LogP contribution in [-0.2, 0) is 0 Å². The second-order valence-corrected chi connectivity index (χ2v) is 5.16. The second kappa shape index (κ2) is 6.19. The molecule has 18 heavy (non-hydrogen) atoms. The minimum Gasteiger partial charge on any atom is -0.492 e. The number of benzene rings is 1. The molecule has 1 aromatic carbocycles. The van der Waals surface area contributed by atoms with Gasteiger partial charge < -0.3 is 10.1 Å². The molecule has 0 heterocycles. The molecule has 1 N–H and O–H groups in total. The highest BCUT2D eigenvalue weighted by atomic mass is 19.1. The van der Waals surface area contributed by atoms with Crippen LogP contribution in [0.5, 0.6) is 5.75 Å². The minimum atomic E-state index is -0.238. The summed E-state index contributed by atoms with van der Waals surface area (Å²) in [5, 5.41) is 3.33. The molecule has 0 aromatic heterocycles. The fourth-order valence-corrected chi connectivity index (χ4v) is 2.72. The molecule has 0 radical (unpaired) electrons. The smallest absolute Gasteiger partial charge is 0.126 e. The van der Waals surface area contributed by atoms with Crippen LogP contribution in [0.1, 0.15) is 31.2 Å². The molecule has 2 nitrogen and oxygen atoms in total. The Hall–Kier alpha value is -1.09. The first kappa shape index (κ1) is 13.3. The van der Waals surface area contributed by atoms with E-state index >= 15 is 0 Å². The molecule has 3 heteroatoms. The molecule has 1 saturated carbocycles. The highest BCUT2D eigenvalue weighted by Crippen LogP contribution is 2.28. The van der Waals surface area contributed by atoms with Gasteiger partial charge >= 0.3 is 0 Å². The molecule has 1 atom stereocenters. The molecule has 2 rings (SSSR count). The monoisotopic (exact) mass is 251 g/mol. The zero-order valence-electron chi connectivity index (χ0n) is 11.2. The number of hydrogen-bond acceptors (Lipinski definition) is 2. The molecule has 0 spiro atoms. The number of halogens is 1. The van der Waals surface area contributed by atoms with Gasteiger partial charge in [0.1, 0.15) is 18.2 Å². The molecular weight excluding hydrogens is 229 g/mol. The number of aryl methyl sites for hydroxylation is 1. The number of rotatable bonds is 5. The van der Waals surface area contributed by atoms with E-state index in [4.69, 9.17) is 4.74 Å². The average Bonchev–Trinajstić information content (AvgIpc) is 2.88. The molecule has 0 saturated heterocycles. The third-order valence-electron chi connectivity index (χ3n) is 3.91. The van der Waals surface area contributed by atoms with Crippen LogP contribution in [0.3, 0.4) is 0 Å². The Morgan fingerprint density at radius 2 is 2.11 bits per heavy atom. The van der Waals surface area contributed by atoms with Gasteiger partial charge in [-0.3, -0.25) is 0 Å². The van der Waals surface area contributed by atoms with Gasteiger partial charge in [0.05, 0.1) is 0 Å². The van der Waals surface area contributed by atoms with Gasteiger partial charge in [-0.05, 0) is 44.4 Å². The highest BCUT2D eigenvalue weighted by molar-refractivity contribution is 5.32. The summed E-state index contributed by atoms with van der Waals surface area (Å²) in [6.07, 6.45) is 5.19. The molecular formula is C15H22FNO. The van der Waals surface area contributed by atoms with Gasteiger partial charge in [0.25, 0.3) is 0 Å². The van der Waals surface area contributed by atoms with Crippen molar-refractivity contribution in [1.82, 2.24) is 5.32 Å². The van der Waals surface area contributed by atoms with E-state index in [2.05, 4.69) is 5.32 Å².